The Morgan fingerprint density at radius 1 is 1.06 bits per heavy atom. The Bertz CT molecular complexity index is 1400. The molecular formula is C22H17Cl2N3O3S. The van der Waals surface area contributed by atoms with Gasteiger partial charge in [-0.25, -0.2) is 18.4 Å². The fourth-order valence-corrected chi connectivity index (χ4v) is 5.62. The SMILES string of the molecule is Cc1ccc(Cl)c(S(=O)(=O)c2ccc(CCC(=O)c3cnc4nccn4c3)cc2)c1Cl. The number of sulfone groups is 1. The lowest BCUT2D eigenvalue weighted by Gasteiger charge is -2.11. The number of carbonyl (C=O) groups excluding carboxylic acids is 1. The van der Waals surface area contributed by atoms with Crippen molar-refractivity contribution in [1.29, 1.82) is 0 Å². The maximum absolute atomic E-state index is 13.0. The van der Waals surface area contributed by atoms with E-state index < -0.39 is 9.84 Å². The summed E-state index contributed by atoms with van der Waals surface area (Å²) in [5.41, 5.74) is 1.96. The molecule has 0 spiro atoms. The predicted octanol–water partition coefficient (Wildman–Crippen LogP) is 4.99. The lowest BCUT2D eigenvalue weighted by Crippen LogP contribution is -2.06. The number of fused-ring (bicyclic) bond motifs is 1. The number of hydrogen-bond donors (Lipinski definition) is 0. The number of Topliss-reactive ketones (excluding diaryl/α,β-unsaturated/α-hetero) is 1. The molecule has 4 rings (SSSR count). The highest BCUT2D eigenvalue weighted by Gasteiger charge is 2.25. The van der Waals surface area contributed by atoms with Gasteiger partial charge in [-0.05, 0) is 42.7 Å². The normalized spacial score (nSPS) is 11.7. The van der Waals surface area contributed by atoms with Gasteiger partial charge in [0.15, 0.2) is 5.78 Å². The molecular weight excluding hydrogens is 457 g/mol. The highest BCUT2D eigenvalue weighted by molar-refractivity contribution is 7.91. The summed E-state index contributed by atoms with van der Waals surface area (Å²) < 4.78 is 27.8. The Hall–Kier alpha value is -2.74. The first kappa shape index (κ1) is 21.5. The molecule has 0 saturated carbocycles. The van der Waals surface area contributed by atoms with E-state index in [-0.39, 0.29) is 32.0 Å². The number of imidazole rings is 1. The van der Waals surface area contributed by atoms with Crippen molar-refractivity contribution in [2.75, 3.05) is 0 Å². The summed E-state index contributed by atoms with van der Waals surface area (Å²) in [5, 5.41) is 0.194. The first-order valence-electron chi connectivity index (χ1n) is 9.38. The summed E-state index contributed by atoms with van der Waals surface area (Å²) in [6, 6.07) is 9.58. The van der Waals surface area contributed by atoms with Crippen LogP contribution in [0.1, 0.15) is 27.9 Å². The largest absolute Gasteiger partial charge is 0.294 e. The van der Waals surface area contributed by atoms with E-state index in [1.807, 2.05) is 0 Å². The number of hydrogen-bond acceptors (Lipinski definition) is 5. The number of benzene rings is 2. The van der Waals surface area contributed by atoms with Crippen LogP contribution in [0.2, 0.25) is 10.0 Å². The van der Waals surface area contributed by atoms with Crippen LogP contribution in [0, 0.1) is 6.92 Å². The second-order valence-electron chi connectivity index (χ2n) is 7.06. The average Bonchev–Trinajstić information content (AvgIpc) is 3.23. The predicted molar refractivity (Wildman–Crippen MR) is 119 cm³/mol. The van der Waals surface area contributed by atoms with Crippen LogP contribution in [0.3, 0.4) is 0 Å². The second kappa shape index (κ2) is 8.42. The topological polar surface area (TPSA) is 81.4 Å². The Morgan fingerprint density at radius 2 is 1.81 bits per heavy atom. The van der Waals surface area contributed by atoms with Crippen molar-refractivity contribution in [2.45, 2.75) is 29.6 Å². The third-order valence-corrected chi connectivity index (χ3v) is 7.83. The van der Waals surface area contributed by atoms with Gasteiger partial charge in [-0.1, -0.05) is 41.4 Å². The monoisotopic (exact) mass is 473 g/mol. The molecule has 0 unspecified atom stereocenters. The molecule has 9 heteroatoms. The molecule has 2 aromatic carbocycles. The van der Waals surface area contributed by atoms with Crippen LogP contribution < -0.4 is 0 Å². The van der Waals surface area contributed by atoms with Crippen molar-refractivity contribution >= 4 is 44.6 Å². The smallest absolute Gasteiger partial charge is 0.233 e. The number of ketones is 1. The maximum Gasteiger partial charge on any atom is 0.233 e. The van der Waals surface area contributed by atoms with E-state index in [1.165, 1.54) is 24.4 Å². The zero-order valence-corrected chi connectivity index (χ0v) is 18.7. The molecule has 0 saturated heterocycles. The second-order valence-corrected chi connectivity index (χ2v) is 9.73. The third kappa shape index (κ3) is 4.21. The Labute approximate surface area is 189 Å². The highest BCUT2D eigenvalue weighted by atomic mass is 35.5. The highest BCUT2D eigenvalue weighted by Crippen LogP contribution is 2.35. The zero-order chi connectivity index (χ0) is 22.2. The Kier molecular flexibility index (Phi) is 5.83. The molecule has 0 N–H and O–H groups in total. The van der Waals surface area contributed by atoms with E-state index in [1.54, 1.807) is 48.1 Å². The lowest BCUT2D eigenvalue weighted by atomic mass is 10.0. The quantitative estimate of drug-likeness (QED) is 0.368. The molecule has 0 aliphatic rings. The van der Waals surface area contributed by atoms with E-state index in [0.29, 0.717) is 23.3 Å². The van der Waals surface area contributed by atoms with Gasteiger partial charge in [0, 0.05) is 31.2 Å². The molecule has 0 atom stereocenters. The van der Waals surface area contributed by atoms with Crippen molar-refractivity contribution in [2.24, 2.45) is 0 Å². The van der Waals surface area contributed by atoms with Crippen LogP contribution in [-0.4, -0.2) is 28.6 Å². The van der Waals surface area contributed by atoms with Crippen LogP contribution in [0.4, 0.5) is 0 Å². The van der Waals surface area contributed by atoms with Crippen molar-refractivity contribution in [3.8, 4) is 0 Å². The van der Waals surface area contributed by atoms with Crippen LogP contribution in [-0.2, 0) is 16.3 Å². The first-order valence-corrected chi connectivity index (χ1v) is 11.6. The molecule has 6 nitrogen and oxygen atoms in total. The Balaban J connectivity index is 1.50. The molecule has 2 heterocycles. The summed E-state index contributed by atoms with van der Waals surface area (Å²) in [7, 11) is -3.88. The molecule has 0 aliphatic heterocycles. The first-order chi connectivity index (χ1) is 14.8. The summed E-state index contributed by atoms with van der Waals surface area (Å²) >= 11 is 12.4. The molecule has 2 aromatic heterocycles. The van der Waals surface area contributed by atoms with Crippen molar-refractivity contribution in [3.05, 3.63) is 87.9 Å². The fourth-order valence-electron chi connectivity index (χ4n) is 3.19. The van der Waals surface area contributed by atoms with E-state index in [4.69, 9.17) is 23.2 Å². The molecule has 0 bridgehead atoms. The zero-order valence-electron chi connectivity index (χ0n) is 16.4. The maximum atomic E-state index is 13.0. The minimum Gasteiger partial charge on any atom is -0.294 e. The lowest BCUT2D eigenvalue weighted by molar-refractivity contribution is 0.0982. The standard InChI is InChI=1S/C22H17Cl2N3O3S/c1-14-2-8-18(23)21(20(14)24)31(29,30)17-6-3-15(4-7-17)5-9-19(28)16-12-26-22-25-10-11-27(22)13-16/h2-4,6-8,10-13H,5,9H2,1H3. The van der Waals surface area contributed by atoms with Gasteiger partial charge >= 0.3 is 0 Å². The van der Waals surface area contributed by atoms with E-state index in [2.05, 4.69) is 9.97 Å². The van der Waals surface area contributed by atoms with Crippen LogP contribution in [0.5, 0.6) is 0 Å². The van der Waals surface area contributed by atoms with Gasteiger partial charge in [-0.2, -0.15) is 0 Å². The minimum absolute atomic E-state index is 0.0573. The van der Waals surface area contributed by atoms with Gasteiger partial charge in [0.2, 0.25) is 15.6 Å². The minimum atomic E-state index is -3.88. The van der Waals surface area contributed by atoms with E-state index in [9.17, 15) is 13.2 Å². The molecule has 0 aliphatic carbocycles. The van der Waals surface area contributed by atoms with Crippen LogP contribution in [0.25, 0.3) is 5.78 Å². The van der Waals surface area contributed by atoms with Gasteiger partial charge < -0.3 is 0 Å². The number of carbonyl (C=O) groups is 1. The number of rotatable bonds is 6. The molecule has 158 valence electrons. The van der Waals surface area contributed by atoms with Crippen molar-refractivity contribution in [3.63, 3.8) is 0 Å². The van der Waals surface area contributed by atoms with Crippen molar-refractivity contribution in [1.82, 2.24) is 14.4 Å². The fraction of sp³-hybridized carbons (Fsp3) is 0.136. The number of aromatic nitrogens is 3. The average molecular weight is 474 g/mol. The Morgan fingerprint density at radius 3 is 2.55 bits per heavy atom. The van der Waals surface area contributed by atoms with E-state index >= 15 is 0 Å². The number of nitrogens with zero attached hydrogens (tertiary/aromatic N) is 3. The summed E-state index contributed by atoms with van der Waals surface area (Å²) in [4.78, 5) is 20.7. The van der Waals surface area contributed by atoms with Gasteiger partial charge in [-0.15, -0.1) is 0 Å². The summed E-state index contributed by atoms with van der Waals surface area (Å²) in [6.45, 7) is 1.72. The van der Waals surface area contributed by atoms with E-state index in [0.717, 1.165) is 5.56 Å². The van der Waals surface area contributed by atoms with Crippen LogP contribution in [0.15, 0.2) is 71.0 Å². The number of halogens is 2. The van der Waals surface area contributed by atoms with Crippen molar-refractivity contribution < 1.29 is 13.2 Å². The molecule has 0 radical (unpaired) electrons. The van der Waals surface area contributed by atoms with Gasteiger partial charge in [0.1, 0.15) is 4.90 Å². The summed E-state index contributed by atoms with van der Waals surface area (Å²) in [5.74, 6) is 0.472. The molecule has 0 fully saturated rings. The van der Waals surface area contributed by atoms with Crippen LogP contribution >= 0.6 is 23.2 Å². The van der Waals surface area contributed by atoms with Gasteiger partial charge in [0.05, 0.1) is 20.5 Å². The molecule has 4 aromatic rings. The number of aryl methyl sites for hydroxylation is 2. The molecule has 31 heavy (non-hydrogen) atoms. The summed E-state index contributed by atoms with van der Waals surface area (Å²) in [6.07, 6.45) is 7.28. The molecule has 0 amide bonds. The third-order valence-electron chi connectivity index (χ3n) is 4.95. The van der Waals surface area contributed by atoms with Gasteiger partial charge in [0.25, 0.3) is 0 Å². The van der Waals surface area contributed by atoms with Gasteiger partial charge in [-0.3, -0.25) is 9.20 Å².